The van der Waals surface area contributed by atoms with Gasteiger partial charge in [-0.1, -0.05) is 47.0 Å². The smallest absolute Gasteiger partial charge is 0.251 e. The number of carbonyl (C=O) groups is 2. The average molecular weight is 453 g/mol. The van der Waals surface area contributed by atoms with Crippen molar-refractivity contribution in [2.45, 2.75) is 14.4 Å². The number of nitrogens with zero attached hydrogens (tertiary/aromatic N) is 2. The van der Waals surface area contributed by atoms with Crippen LogP contribution in [0.5, 0.6) is 5.75 Å². The van der Waals surface area contributed by atoms with E-state index in [-0.39, 0.29) is 11.7 Å². The monoisotopic (exact) mass is 452 g/mol. The molecular formula is C17H16N4O3S4. The minimum absolute atomic E-state index is 0.174. The maximum atomic E-state index is 12.1. The van der Waals surface area contributed by atoms with Gasteiger partial charge in [-0.2, -0.15) is 0 Å². The van der Waals surface area contributed by atoms with Crippen LogP contribution >= 0.6 is 46.2 Å². The Morgan fingerprint density at radius 1 is 1.14 bits per heavy atom. The number of nitrogens with two attached hydrogens (primary N) is 1. The molecule has 0 unspecified atom stereocenters. The molecule has 0 atom stereocenters. The van der Waals surface area contributed by atoms with Gasteiger partial charge in [0.25, 0.3) is 5.91 Å². The maximum absolute atomic E-state index is 12.1. The zero-order valence-corrected chi connectivity index (χ0v) is 18.0. The van der Waals surface area contributed by atoms with E-state index in [2.05, 4.69) is 15.5 Å². The molecule has 7 nitrogen and oxygen atoms in total. The number of primary amides is 1. The maximum Gasteiger partial charge on any atom is 0.251 e. The van der Waals surface area contributed by atoms with Crippen LogP contribution in [0.1, 0.15) is 15.9 Å². The van der Waals surface area contributed by atoms with Gasteiger partial charge in [0.1, 0.15) is 10.8 Å². The molecule has 0 aliphatic heterocycles. The van der Waals surface area contributed by atoms with E-state index >= 15 is 0 Å². The van der Waals surface area contributed by atoms with Gasteiger partial charge in [0.15, 0.2) is 8.68 Å². The molecule has 0 aliphatic rings. The van der Waals surface area contributed by atoms with Crippen molar-refractivity contribution in [3.8, 4) is 5.75 Å². The lowest BCUT2D eigenvalue weighted by Crippen LogP contribution is -2.17. The number of hydrogen-bond acceptors (Lipinski definition) is 9. The Bertz CT molecular complexity index is 955. The first-order valence-electron chi connectivity index (χ1n) is 7.94. The minimum atomic E-state index is -0.563. The minimum Gasteiger partial charge on any atom is -0.497 e. The van der Waals surface area contributed by atoms with Crippen molar-refractivity contribution < 1.29 is 14.3 Å². The van der Waals surface area contributed by atoms with E-state index in [1.54, 1.807) is 30.3 Å². The lowest BCUT2D eigenvalue weighted by atomic mass is 10.2. The highest BCUT2D eigenvalue weighted by Crippen LogP contribution is 2.31. The molecule has 0 bridgehead atoms. The van der Waals surface area contributed by atoms with Crippen LogP contribution in [0.25, 0.3) is 0 Å². The van der Waals surface area contributed by atoms with Gasteiger partial charge >= 0.3 is 0 Å². The van der Waals surface area contributed by atoms with Crippen molar-refractivity contribution in [1.82, 2.24) is 10.2 Å². The molecule has 146 valence electrons. The summed E-state index contributed by atoms with van der Waals surface area (Å²) in [6.45, 7) is 0. The molecular weight excluding hydrogens is 436 g/mol. The summed E-state index contributed by atoms with van der Waals surface area (Å²) >= 11 is 5.60. The Morgan fingerprint density at radius 2 is 1.86 bits per heavy atom. The normalized spacial score (nSPS) is 10.6. The van der Waals surface area contributed by atoms with Crippen molar-refractivity contribution >= 4 is 63.0 Å². The van der Waals surface area contributed by atoms with Gasteiger partial charge in [-0.15, -0.1) is 21.5 Å². The predicted molar refractivity (Wildman–Crippen MR) is 115 cm³/mol. The lowest BCUT2D eigenvalue weighted by Gasteiger charge is -2.03. The number of amides is 2. The molecule has 1 aromatic carbocycles. The number of methoxy groups -OCH3 is 1. The van der Waals surface area contributed by atoms with Crippen molar-refractivity contribution in [3.05, 3.63) is 46.8 Å². The second-order valence-corrected chi connectivity index (χ2v) is 9.67. The summed E-state index contributed by atoms with van der Waals surface area (Å²) in [6.07, 6.45) is 0. The Morgan fingerprint density at radius 3 is 2.54 bits per heavy atom. The van der Waals surface area contributed by atoms with Crippen LogP contribution in [0.4, 0.5) is 5.00 Å². The number of nitrogens with one attached hydrogen (secondary N) is 1. The number of rotatable bonds is 9. The Hall–Kier alpha value is -2.08. The highest BCUT2D eigenvalue weighted by molar-refractivity contribution is 8.03. The number of carbonyl (C=O) groups excluding carboxylic acids is 2. The first-order chi connectivity index (χ1) is 13.5. The number of thiophene rings is 1. The molecule has 0 aliphatic carbocycles. The Labute approximate surface area is 178 Å². The molecule has 2 amide bonds. The van der Waals surface area contributed by atoms with E-state index < -0.39 is 5.91 Å². The molecule has 0 saturated carbocycles. The molecule has 2 heterocycles. The summed E-state index contributed by atoms with van der Waals surface area (Å²) in [5.41, 5.74) is 6.75. The van der Waals surface area contributed by atoms with Crippen molar-refractivity contribution in [2.24, 2.45) is 5.73 Å². The largest absolute Gasteiger partial charge is 0.497 e. The second-order valence-electron chi connectivity index (χ2n) is 5.34. The third-order valence-electron chi connectivity index (χ3n) is 3.42. The predicted octanol–water partition coefficient (Wildman–Crippen LogP) is 3.73. The summed E-state index contributed by atoms with van der Waals surface area (Å²) in [7, 11) is 1.64. The van der Waals surface area contributed by atoms with Gasteiger partial charge in [-0.25, -0.2) is 0 Å². The van der Waals surface area contributed by atoms with Gasteiger partial charge in [-0.05, 0) is 29.1 Å². The molecule has 3 rings (SSSR count). The number of benzene rings is 1. The van der Waals surface area contributed by atoms with Crippen molar-refractivity contribution in [1.29, 1.82) is 0 Å². The molecule has 2 aromatic heterocycles. The summed E-state index contributed by atoms with van der Waals surface area (Å²) in [5, 5.41) is 13.1. The lowest BCUT2D eigenvalue weighted by molar-refractivity contribution is -0.113. The van der Waals surface area contributed by atoms with Gasteiger partial charge in [-0.3, -0.25) is 9.59 Å². The van der Waals surface area contributed by atoms with Crippen LogP contribution < -0.4 is 15.8 Å². The molecule has 0 spiro atoms. The standard InChI is InChI=1S/C17H16N4O3S4/c1-24-11-4-2-10(3-5-11)8-26-16-20-21-17(28-16)27-9-13(22)19-15-12(14(18)23)6-7-25-15/h2-7H,8-9H2,1H3,(H2,18,23)(H,19,22). The van der Waals surface area contributed by atoms with E-state index in [0.717, 1.165) is 21.4 Å². The molecule has 28 heavy (non-hydrogen) atoms. The fourth-order valence-electron chi connectivity index (χ4n) is 2.07. The van der Waals surface area contributed by atoms with E-state index in [0.29, 0.717) is 14.9 Å². The number of aromatic nitrogens is 2. The highest BCUT2D eigenvalue weighted by atomic mass is 32.2. The van der Waals surface area contributed by atoms with Gasteiger partial charge < -0.3 is 15.8 Å². The van der Waals surface area contributed by atoms with Crippen molar-refractivity contribution in [3.63, 3.8) is 0 Å². The fraction of sp³-hybridized carbons (Fsp3) is 0.176. The fourth-order valence-corrected chi connectivity index (χ4v) is 5.66. The number of thioether (sulfide) groups is 2. The first-order valence-corrected chi connectivity index (χ1v) is 11.6. The topological polar surface area (TPSA) is 107 Å². The van der Waals surface area contributed by atoms with E-state index in [1.165, 1.54) is 34.4 Å². The molecule has 0 fully saturated rings. The first kappa shape index (κ1) is 20.6. The summed E-state index contributed by atoms with van der Waals surface area (Å²) < 4.78 is 6.70. The quantitative estimate of drug-likeness (QED) is 0.476. The third-order valence-corrected chi connectivity index (χ3v) is 7.51. The highest BCUT2D eigenvalue weighted by Gasteiger charge is 2.14. The molecule has 3 aromatic rings. The molecule has 11 heteroatoms. The third kappa shape index (κ3) is 5.71. The van der Waals surface area contributed by atoms with Gasteiger partial charge in [0.05, 0.1) is 18.4 Å². The van der Waals surface area contributed by atoms with E-state index in [9.17, 15) is 9.59 Å². The number of ether oxygens (including phenoxy) is 1. The zero-order valence-electron chi connectivity index (χ0n) is 14.7. The molecule has 3 N–H and O–H groups in total. The summed E-state index contributed by atoms with van der Waals surface area (Å²) in [6, 6.07) is 9.46. The number of hydrogen-bond donors (Lipinski definition) is 2. The van der Waals surface area contributed by atoms with E-state index in [1.807, 2.05) is 24.3 Å². The summed E-state index contributed by atoms with van der Waals surface area (Å²) in [5.74, 6) is 0.989. The van der Waals surface area contributed by atoms with Crippen LogP contribution in [-0.4, -0.2) is 34.9 Å². The van der Waals surface area contributed by atoms with Gasteiger partial charge in [0.2, 0.25) is 5.91 Å². The molecule has 0 radical (unpaired) electrons. The summed E-state index contributed by atoms with van der Waals surface area (Å²) in [4.78, 5) is 23.4. The Kier molecular flexibility index (Phi) is 7.31. The van der Waals surface area contributed by atoms with Crippen LogP contribution in [0, 0.1) is 0 Å². The van der Waals surface area contributed by atoms with Crippen LogP contribution in [0.2, 0.25) is 0 Å². The SMILES string of the molecule is COc1ccc(CSc2nnc(SCC(=O)Nc3sccc3C(N)=O)s2)cc1. The second kappa shape index (κ2) is 9.92. The van der Waals surface area contributed by atoms with Gasteiger partial charge in [0, 0.05) is 5.75 Å². The van der Waals surface area contributed by atoms with Crippen LogP contribution in [-0.2, 0) is 10.5 Å². The zero-order chi connectivity index (χ0) is 19.9. The number of anilines is 1. The van der Waals surface area contributed by atoms with Crippen LogP contribution in [0.15, 0.2) is 44.4 Å². The average Bonchev–Trinajstić information content (AvgIpc) is 3.34. The molecule has 0 saturated heterocycles. The van der Waals surface area contributed by atoms with Crippen LogP contribution in [0.3, 0.4) is 0 Å². The Balaban J connectivity index is 1.46. The van der Waals surface area contributed by atoms with E-state index in [4.69, 9.17) is 10.5 Å². The van der Waals surface area contributed by atoms with Crippen molar-refractivity contribution in [2.75, 3.05) is 18.2 Å².